The van der Waals surface area contributed by atoms with Crippen molar-refractivity contribution in [3.63, 3.8) is 0 Å². The number of rotatable bonds is 1. The Labute approximate surface area is 120 Å². The second-order valence-corrected chi connectivity index (χ2v) is 5.73. The summed E-state index contributed by atoms with van der Waals surface area (Å²) in [5.41, 5.74) is 0. The zero-order valence-corrected chi connectivity index (χ0v) is 12.2. The lowest BCUT2D eigenvalue weighted by Gasteiger charge is -2.35. The molecule has 0 radical (unpaired) electrons. The molecule has 2 aliphatic rings. The van der Waals surface area contributed by atoms with Crippen LogP contribution < -0.4 is 5.32 Å². The zero-order valence-electron chi connectivity index (χ0n) is 12.2. The van der Waals surface area contributed by atoms with E-state index in [4.69, 9.17) is 0 Å². The Bertz CT molecular complexity index is 354. The van der Waals surface area contributed by atoms with Crippen molar-refractivity contribution in [2.45, 2.75) is 44.2 Å². The fraction of sp³-hybridized carbons (Fsp3) is 0.857. The van der Waals surface area contributed by atoms with Crippen LogP contribution in [0.2, 0.25) is 0 Å². The first kappa shape index (κ1) is 15.3. The van der Waals surface area contributed by atoms with Gasteiger partial charge in [0.2, 0.25) is 0 Å². The molecule has 2 atom stereocenters. The Morgan fingerprint density at radius 1 is 1.15 bits per heavy atom. The van der Waals surface area contributed by atoms with Gasteiger partial charge in [0.1, 0.15) is 0 Å². The van der Waals surface area contributed by atoms with E-state index in [1.54, 1.807) is 11.9 Å². The molecule has 2 rings (SSSR count). The predicted molar refractivity (Wildman–Crippen MR) is 75.1 cm³/mol. The highest BCUT2D eigenvalue weighted by atomic mass is 16.3. The van der Waals surface area contributed by atoms with E-state index in [-0.39, 0.29) is 6.04 Å². The van der Waals surface area contributed by atoms with Crippen LogP contribution in [-0.2, 0) is 9.59 Å². The van der Waals surface area contributed by atoms with Crippen molar-refractivity contribution in [3.8, 4) is 0 Å². The van der Waals surface area contributed by atoms with Gasteiger partial charge in [-0.05, 0) is 25.8 Å². The Balaban J connectivity index is 1.96. The van der Waals surface area contributed by atoms with Crippen molar-refractivity contribution >= 4 is 11.8 Å². The molecule has 2 unspecified atom stereocenters. The second kappa shape index (κ2) is 7.04. The molecular formula is C14H25N3O3. The van der Waals surface area contributed by atoms with Gasteiger partial charge in [0.05, 0.1) is 12.1 Å². The van der Waals surface area contributed by atoms with Gasteiger partial charge in [-0.3, -0.25) is 9.59 Å². The number of carbonyl (C=O) groups excluding carboxylic acids is 2. The van der Waals surface area contributed by atoms with E-state index in [0.717, 1.165) is 38.8 Å². The van der Waals surface area contributed by atoms with E-state index < -0.39 is 17.9 Å². The van der Waals surface area contributed by atoms with E-state index in [2.05, 4.69) is 5.32 Å². The smallest absolute Gasteiger partial charge is 0.312 e. The molecule has 0 spiro atoms. The number of nitrogens with one attached hydrogen (secondary N) is 1. The number of nitrogens with zero attached hydrogens (tertiary/aromatic N) is 2. The van der Waals surface area contributed by atoms with Crippen LogP contribution in [-0.4, -0.2) is 72.1 Å². The highest BCUT2D eigenvalue weighted by molar-refractivity contribution is 6.34. The van der Waals surface area contributed by atoms with Gasteiger partial charge in [-0.15, -0.1) is 0 Å². The van der Waals surface area contributed by atoms with Crippen LogP contribution in [0, 0.1) is 0 Å². The Kier molecular flexibility index (Phi) is 5.37. The molecule has 0 aromatic rings. The van der Waals surface area contributed by atoms with Gasteiger partial charge in [-0.1, -0.05) is 12.8 Å². The molecule has 6 heteroatoms. The molecule has 0 aromatic heterocycles. The monoisotopic (exact) mass is 283 g/mol. The van der Waals surface area contributed by atoms with Crippen LogP contribution in [0.15, 0.2) is 0 Å². The summed E-state index contributed by atoms with van der Waals surface area (Å²) in [6.07, 6.45) is 3.85. The summed E-state index contributed by atoms with van der Waals surface area (Å²) in [6.45, 7) is 2.81. The van der Waals surface area contributed by atoms with Crippen LogP contribution in [0.5, 0.6) is 0 Å². The third-order valence-corrected chi connectivity index (χ3v) is 4.32. The van der Waals surface area contributed by atoms with Gasteiger partial charge in [-0.2, -0.15) is 0 Å². The van der Waals surface area contributed by atoms with Crippen LogP contribution in [0.1, 0.15) is 32.1 Å². The molecule has 1 aliphatic heterocycles. The SMILES string of the molecule is CN(C(=O)C(=O)N1CCCNCC1)C1CCCCC1O. The summed E-state index contributed by atoms with van der Waals surface area (Å²) in [5.74, 6) is -0.924. The van der Waals surface area contributed by atoms with Gasteiger partial charge in [-0.25, -0.2) is 0 Å². The summed E-state index contributed by atoms with van der Waals surface area (Å²) in [7, 11) is 1.63. The number of amides is 2. The van der Waals surface area contributed by atoms with Crippen molar-refractivity contribution in [3.05, 3.63) is 0 Å². The van der Waals surface area contributed by atoms with Crippen LogP contribution in [0.25, 0.3) is 0 Å². The fourth-order valence-corrected chi connectivity index (χ4v) is 3.03. The third kappa shape index (κ3) is 3.49. The van der Waals surface area contributed by atoms with Crippen molar-refractivity contribution in [1.82, 2.24) is 15.1 Å². The average molecular weight is 283 g/mol. The molecule has 0 bridgehead atoms. The molecule has 6 nitrogen and oxygen atoms in total. The molecule has 1 heterocycles. The minimum atomic E-state index is -0.503. The Morgan fingerprint density at radius 2 is 1.90 bits per heavy atom. The maximum absolute atomic E-state index is 12.3. The van der Waals surface area contributed by atoms with Crippen molar-refractivity contribution in [1.29, 1.82) is 0 Å². The predicted octanol–water partition coefficient (Wildman–Crippen LogP) is -0.430. The van der Waals surface area contributed by atoms with Crippen molar-refractivity contribution in [2.24, 2.45) is 0 Å². The van der Waals surface area contributed by atoms with Crippen molar-refractivity contribution in [2.75, 3.05) is 33.2 Å². The Hall–Kier alpha value is -1.14. The van der Waals surface area contributed by atoms with E-state index in [1.807, 2.05) is 0 Å². The lowest BCUT2D eigenvalue weighted by molar-refractivity contribution is -0.154. The Morgan fingerprint density at radius 3 is 2.65 bits per heavy atom. The molecule has 114 valence electrons. The first-order chi connectivity index (χ1) is 9.61. The quantitative estimate of drug-likeness (QED) is 0.641. The zero-order chi connectivity index (χ0) is 14.5. The van der Waals surface area contributed by atoms with E-state index in [1.165, 1.54) is 4.90 Å². The van der Waals surface area contributed by atoms with Crippen LogP contribution >= 0.6 is 0 Å². The molecule has 1 saturated heterocycles. The van der Waals surface area contributed by atoms with E-state index in [0.29, 0.717) is 19.5 Å². The number of hydrogen-bond donors (Lipinski definition) is 2. The van der Waals surface area contributed by atoms with Crippen molar-refractivity contribution < 1.29 is 14.7 Å². The maximum atomic E-state index is 12.3. The number of carbonyl (C=O) groups is 2. The number of aliphatic hydroxyl groups excluding tert-OH is 1. The van der Waals surface area contributed by atoms with Gasteiger partial charge >= 0.3 is 11.8 Å². The largest absolute Gasteiger partial charge is 0.391 e. The molecule has 0 aromatic carbocycles. The summed E-state index contributed by atoms with van der Waals surface area (Å²) in [6, 6.07) is -0.217. The standard InChI is InChI=1S/C14H25N3O3/c1-16(11-5-2-3-6-12(11)18)13(19)14(20)17-9-4-7-15-8-10-17/h11-12,15,18H,2-10H2,1H3. The lowest BCUT2D eigenvalue weighted by Crippen LogP contribution is -2.52. The normalized spacial score (nSPS) is 27.8. The van der Waals surface area contributed by atoms with Crippen LogP contribution in [0.3, 0.4) is 0 Å². The van der Waals surface area contributed by atoms with Crippen LogP contribution in [0.4, 0.5) is 0 Å². The second-order valence-electron chi connectivity index (χ2n) is 5.73. The molecule has 1 aliphatic carbocycles. The van der Waals surface area contributed by atoms with E-state index >= 15 is 0 Å². The van der Waals surface area contributed by atoms with E-state index in [9.17, 15) is 14.7 Å². The van der Waals surface area contributed by atoms with Gasteiger partial charge in [0, 0.05) is 26.7 Å². The lowest BCUT2D eigenvalue weighted by atomic mass is 9.91. The number of aliphatic hydroxyl groups is 1. The minimum Gasteiger partial charge on any atom is -0.391 e. The summed E-state index contributed by atoms with van der Waals surface area (Å²) < 4.78 is 0. The molecule has 2 fully saturated rings. The molecular weight excluding hydrogens is 258 g/mol. The van der Waals surface area contributed by atoms with Gasteiger partial charge in [0.25, 0.3) is 0 Å². The summed E-state index contributed by atoms with van der Waals surface area (Å²) in [5, 5.41) is 13.2. The molecule has 2 N–H and O–H groups in total. The fourth-order valence-electron chi connectivity index (χ4n) is 3.03. The maximum Gasteiger partial charge on any atom is 0.312 e. The van der Waals surface area contributed by atoms with Gasteiger partial charge in [0.15, 0.2) is 0 Å². The average Bonchev–Trinajstić information content (AvgIpc) is 2.74. The number of hydrogen-bond acceptors (Lipinski definition) is 4. The first-order valence-corrected chi connectivity index (χ1v) is 7.56. The highest BCUT2D eigenvalue weighted by Gasteiger charge is 2.34. The molecule has 20 heavy (non-hydrogen) atoms. The number of likely N-dealkylation sites (N-methyl/N-ethyl adjacent to an activating group) is 1. The van der Waals surface area contributed by atoms with Gasteiger partial charge < -0.3 is 20.2 Å². The summed E-state index contributed by atoms with van der Waals surface area (Å²) >= 11 is 0. The molecule has 1 saturated carbocycles. The topological polar surface area (TPSA) is 72.9 Å². The highest BCUT2D eigenvalue weighted by Crippen LogP contribution is 2.22. The first-order valence-electron chi connectivity index (χ1n) is 7.56. The minimum absolute atomic E-state index is 0.217. The third-order valence-electron chi connectivity index (χ3n) is 4.32. The summed E-state index contributed by atoms with van der Waals surface area (Å²) in [4.78, 5) is 27.6. The molecule has 2 amide bonds.